The summed E-state index contributed by atoms with van der Waals surface area (Å²) in [6.45, 7) is 1.99. The van der Waals surface area contributed by atoms with E-state index in [-0.39, 0.29) is 32.8 Å². The first-order chi connectivity index (χ1) is 20.6. The van der Waals surface area contributed by atoms with Crippen molar-refractivity contribution in [3.05, 3.63) is 35.4 Å². The number of aryl methyl sites for hydroxylation is 1. The predicted molar refractivity (Wildman–Crippen MR) is 147 cm³/mol. The fraction of sp³-hybridized carbons (Fsp3) is 0.727. The van der Waals surface area contributed by atoms with Crippen molar-refractivity contribution >= 4 is 40.1 Å². The minimum Gasteiger partial charge on any atom is -0.348 e. The molecule has 0 aromatic heterocycles. The average Bonchev–Trinajstić information content (AvgIpc) is 3.52. The third-order valence-corrected chi connectivity index (χ3v) is 13.6. The van der Waals surface area contributed by atoms with E-state index in [0.29, 0.717) is 18.1 Å². The molecular weight excluding hydrogens is 727 g/mol. The van der Waals surface area contributed by atoms with Crippen molar-refractivity contribution in [3.8, 4) is 0 Å². The first-order valence-electron chi connectivity index (χ1n) is 12.8. The molecule has 0 bridgehead atoms. The second kappa shape index (κ2) is 14.1. The van der Waals surface area contributed by atoms with Gasteiger partial charge >= 0.3 is 31.1 Å². The Hall–Kier alpha value is -1.64. The summed E-state index contributed by atoms with van der Waals surface area (Å²) in [7, 11) is -21.4. The Kier molecular flexibility index (Phi) is 12.4. The second-order valence-corrected chi connectivity index (χ2v) is 18.1. The van der Waals surface area contributed by atoms with E-state index in [1.165, 1.54) is 6.92 Å². The number of benzene rings is 1. The van der Waals surface area contributed by atoms with Crippen LogP contribution in [0.4, 0.5) is 26.3 Å². The zero-order valence-electron chi connectivity index (χ0n) is 24.7. The molecule has 2 aliphatic heterocycles. The van der Waals surface area contributed by atoms with Gasteiger partial charge in [0.1, 0.15) is 0 Å². The summed E-state index contributed by atoms with van der Waals surface area (Å²) in [5.74, 6) is -2.82. The van der Waals surface area contributed by atoms with Crippen LogP contribution in [0.3, 0.4) is 0 Å². The molecule has 268 valence electrons. The maximum Gasteiger partial charge on any atom is 0.512 e. The highest BCUT2D eigenvalue weighted by Crippen LogP contribution is 2.37. The molecule has 2 aliphatic rings. The second-order valence-electron chi connectivity index (χ2n) is 10.1. The highest BCUT2D eigenvalue weighted by Gasteiger charge is 2.55. The van der Waals surface area contributed by atoms with Crippen LogP contribution in [0, 0.1) is 6.92 Å². The highest BCUT2D eigenvalue weighted by molar-refractivity contribution is 8.04. The number of ether oxygens (including phenoxy) is 4. The number of sulfonamides is 4. The molecule has 0 radical (unpaired) electrons. The summed E-state index contributed by atoms with van der Waals surface area (Å²) in [4.78, 5) is 0. The molecule has 0 aliphatic carbocycles. The largest absolute Gasteiger partial charge is 0.512 e. The van der Waals surface area contributed by atoms with Crippen LogP contribution >= 0.6 is 0 Å². The number of nitrogens with zero attached hydrogens (tertiary/aromatic N) is 2. The van der Waals surface area contributed by atoms with Crippen LogP contribution in [0.25, 0.3) is 0 Å². The van der Waals surface area contributed by atoms with Crippen molar-refractivity contribution < 1.29 is 79.0 Å². The number of rotatable bonds is 11. The summed E-state index contributed by atoms with van der Waals surface area (Å²) in [6, 6.07) is 6.71. The van der Waals surface area contributed by atoms with Crippen LogP contribution in [-0.2, 0) is 64.8 Å². The summed E-state index contributed by atoms with van der Waals surface area (Å²) in [5, 5.41) is 0. The predicted octanol–water partition coefficient (Wildman–Crippen LogP) is 1.95. The maximum atomic E-state index is 12.8. The van der Waals surface area contributed by atoms with Crippen molar-refractivity contribution in [3.63, 3.8) is 0 Å². The summed E-state index contributed by atoms with van der Waals surface area (Å²) >= 11 is 0. The zero-order chi connectivity index (χ0) is 35.6. The molecular formula is C22H32F6N2O12S4. The molecule has 3 rings (SSSR count). The average molecular weight is 759 g/mol. The van der Waals surface area contributed by atoms with Gasteiger partial charge in [-0.25, -0.2) is 33.7 Å². The molecule has 24 heteroatoms. The van der Waals surface area contributed by atoms with Gasteiger partial charge in [0.15, 0.2) is 11.6 Å². The van der Waals surface area contributed by atoms with Crippen LogP contribution in [0.5, 0.6) is 0 Å². The van der Waals surface area contributed by atoms with E-state index < -0.39 is 89.6 Å². The lowest BCUT2D eigenvalue weighted by Gasteiger charge is -2.30. The van der Waals surface area contributed by atoms with E-state index in [4.69, 9.17) is 18.9 Å². The van der Waals surface area contributed by atoms with Gasteiger partial charge < -0.3 is 18.9 Å². The lowest BCUT2D eigenvalue weighted by Crippen LogP contribution is -2.46. The van der Waals surface area contributed by atoms with Crippen LogP contribution in [-0.4, -0.2) is 110 Å². The normalized spacial score (nSPS) is 19.3. The van der Waals surface area contributed by atoms with Gasteiger partial charge in [-0.3, -0.25) is 0 Å². The molecule has 46 heavy (non-hydrogen) atoms. The van der Waals surface area contributed by atoms with Gasteiger partial charge in [-0.05, 0) is 13.8 Å². The van der Waals surface area contributed by atoms with E-state index in [9.17, 15) is 60.0 Å². The molecule has 0 unspecified atom stereocenters. The summed E-state index contributed by atoms with van der Waals surface area (Å²) in [6.07, 6.45) is -0.00594. The molecule has 2 fully saturated rings. The van der Waals surface area contributed by atoms with Gasteiger partial charge in [0, 0.05) is 31.5 Å². The standard InChI is InChI=1S/C14H18F3NO6S2.C8H14F3NO6S2/c1-11-3-5-12(6-4-11)13(23-9-10-24-13)7-8-18(25(2,19)20)26(21,22)14(15,16)17;1-7(17-5-6-18-7)3-4-12(19(2,13)14)20(15,16)8(9,10)11/h3-6H,7-10H2,1-2H3;3-6H2,1-2H3. The Bertz CT molecular complexity index is 1640. The Balaban J connectivity index is 0.000000332. The number of halogens is 6. The maximum absolute atomic E-state index is 12.8. The topological polar surface area (TPSA) is 180 Å². The Morgan fingerprint density at radius 2 is 1.00 bits per heavy atom. The van der Waals surface area contributed by atoms with Gasteiger partial charge in [0.2, 0.25) is 20.0 Å². The zero-order valence-corrected chi connectivity index (χ0v) is 27.9. The lowest BCUT2D eigenvalue weighted by atomic mass is 10.0. The number of hydrogen-bond donors (Lipinski definition) is 0. The molecule has 0 spiro atoms. The summed E-state index contributed by atoms with van der Waals surface area (Å²) in [5.41, 5.74) is -10.1. The monoisotopic (exact) mass is 758 g/mol. The van der Waals surface area contributed by atoms with Crippen molar-refractivity contribution in [1.29, 1.82) is 0 Å². The molecule has 0 N–H and O–H groups in total. The van der Waals surface area contributed by atoms with Crippen LogP contribution in [0.2, 0.25) is 0 Å². The fourth-order valence-corrected chi connectivity index (χ4v) is 9.44. The quantitative estimate of drug-likeness (QED) is 0.300. The molecule has 0 atom stereocenters. The van der Waals surface area contributed by atoms with E-state index in [2.05, 4.69) is 0 Å². The highest BCUT2D eigenvalue weighted by atomic mass is 32.3. The Labute approximate surface area is 262 Å². The minimum atomic E-state index is -6.07. The van der Waals surface area contributed by atoms with Gasteiger partial charge in [-0.1, -0.05) is 37.2 Å². The van der Waals surface area contributed by atoms with E-state index >= 15 is 0 Å². The summed E-state index contributed by atoms with van der Waals surface area (Å²) < 4.78 is 188. The molecule has 2 saturated heterocycles. The minimum absolute atomic E-state index is 0.138. The molecule has 0 saturated carbocycles. The first kappa shape index (κ1) is 40.5. The van der Waals surface area contributed by atoms with Crippen molar-refractivity contribution in [2.24, 2.45) is 0 Å². The third kappa shape index (κ3) is 9.72. The Morgan fingerprint density at radius 1 is 0.652 bits per heavy atom. The molecule has 1 aromatic rings. The lowest BCUT2D eigenvalue weighted by molar-refractivity contribution is -0.170. The van der Waals surface area contributed by atoms with Crippen molar-refractivity contribution in [1.82, 2.24) is 7.42 Å². The third-order valence-electron chi connectivity index (χ3n) is 6.38. The molecule has 14 nitrogen and oxygen atoms in total. The smallest absolute Gasteiger partial charge is 0.348 e. The van der Waals surface area contributed by atoms with Gasteiger partial charge in [-0.15, -0.1) is 0 Å². The van der Waals surface area contributed by atoms with Gasteiger partial charge in [-0.2, -0.15) is 26.3 Å². The number of alkyl halides is 6. The van der Waals surface area contributed by atoms with Gasteiger partial charge in [0.25, 0.3) is 0 Å². The first-order valence-corrected chi connectivity index (χ1v) is 19.4. The van der Waals surface area contributed by atoms with Gasteiger partial charge in [0.05, 0.1) is 38.9 Å². The van der Waals surface area contributed by atoms with Crippen LogP contribution in [0.15, 0.2) is 24.3 Å². The fourth-order valence-electron chi connectivity index (χ4n) is 4.11. The number of hydrogen-bond acceptors (Lipinski definition) is 12. The van der Waals surface area contributed by atoms with Crippen molar-refractivity contribution in [2.45, 2.75) is 49.3 Å². The van der Waals surface area contributed by atoms with Crippen LogP contribution < -0.4 is 0 Å². The Morgan fingerprint density at radius 3 is 1.35 bits per heavy atom. The van der Waals surface area contributed by atoms with E-state index in [1.54, 1.807) is 24.3 Å². The van der Waals surface area contributed by atoms with E-state index in [0.717, 1.165) is 5.56 Å². The van der Waals surface area contributed by atoms with Crippen LogP contribution in [0.1, 0.15) is 30.9 Å². The molecule has 1 aromatic carbocycles. The molecule has 2 heterocycles. The SMILES string of the molecule is CC1(CCN(S(C)(=O)=O)S(=O)(=O)C(F)(F)F)OCCO1.Cc1ccc(C2(CCN(S(C)(=O)=O)S(=O)(=O)C(F)(F)F)OCCO2)cc1. The molecule has 0 amide bonds. The van der Waals surface area contributed by atoms with Crippen molar-refractivity contribution in [2.75, 3.05) is 52.0 Å². The van der Waals surface area contributed by atoms with E-state index in [1.807, 2.05) is 6.92 Å².